The highest BCUT2D eigenvalue weighted by atomic mass is 19.2. The number of ether oxygens (including phenoxy) is 1. The number of aromatic nitrogens is 2. The molecule has 2 atom stereocenters. The van der Waals surface area contributed by atoms with Gasteiger partial charge in [0.15, 0.2) is 11.6 Å². The van der Waals surface area contributed by atoms with E-state index < -0.39 is 23.6 Å². The van der Waals surface area contributed by atoms with Crippen LogP contribution in [0.3, 0.4) is 0 Å². The van der Waals surface area contributed by atoms with Gasteiger partial charge in [0.2, 0.25) is 5.91 Å². The van der Waals surface area contributed by atoms with Crippen molar-refractivity contribution in [1.29, 1.82) is 0 Å². The first-order valence-electron chi connectivity index (χ1n) is 6.79. The molecule has 0 unspecified atom stereocenters. The SMILES string of the molecule is NC(=O)[C@H](Nc1ncnc2cc(F)c(F)cc12)[C@H]1CCOC1. The summed E-state index contributed by atoms with van der Waals surface area (Å²) < 4.78 is 32.0. The van der Waals surface area contributed by atoms with E-state index in [1.165, 1.54) is 6.33 Å². The zero-order valence-corrected chi connectivity index (χ0v) is 11.6. The Hall–Kier alpha value is -2.35. The van der Waals surface area contributed by atoms with E-state index in [4.69, 9.17) is 10.5 Å². The maximum atomic E-state index is 13.5. The molecule has 1 saturated heterocycles. The van der Waals surface area contributed by atoms with Crippen molar-refractivity contribution in [3.05, 3.63) is 30.1 Å². The largest absolute Gasteiger partial charge is 0.381 e. The van der Waals surface area contributed by atoms with Gasteiger partial charge in [0.1, 0.15) is 18.2 Å². The number of carbonyl (C=O) groups excluding carboxylic acids is 1. The smallest absolute Gasteiger partial charge is 0.240 e. The van der Waals surface area contributed by atoms with Crippen LogP contribution in [0.25, 0.3) is 10.9 Å². The summed E-state index contributed by atoms with van der Waals surface area (Å²) >= 11 is 0. The van der Waals surface area contributed by atoms with E-state index in [0.29, 0.717) is 19.6 Å². The summed E-state index contributed by atoms with van der Waals surface area (Å²) in [6.07, 6.45) is 1.90. The van der Waals surface area contributed by atoms with E-state index in [-0.39, 0.29) is 22.6 Å². The number of anilines is 1. The van der Waals surface area contributed by atoms with Gasteiger partial charge >= 0.3 is 0 Å². The van der Waals surface area contributed by atoms with Crippen LogP contribution in [-0.2, 0) is 9.53 Å². The Balaban J connectivity index is 1.98. The number of fused-ring (bicyclic) bond motifs is 1. The van der Waals surface area contributed by atoms with Gasteiger partial charge in [-0.1, -0.05) is 0 Å². The Morgan fingerprint density at radius 2 is 2.14 bits per heavy atom. The number of hydrogen-bond acceptors (Lipinski definition) is 5. The number of rotatable bonds is 4. The van der Waals surface area contributed by atoms with E-state index in [1.54, 1.807) is 0 Å². The van der Waals surface area contributed by atoms with Gasteiger partial charge in [-0.25, -0.2) is 18.7 Å². The second kappa shape index (κ2) is 5.80. The molecule has 3 rings (SSSR count). The third-order valence-electron chi connectivity index (χ3n) is 3.71. The van der Waals surface area contributed by atoms with Crippen molar-refractivity contribution in [2.75, 3.05) is 18.5 Å². The topological polar surface area (TPSA) is 90.1 Å². The lowest BCUT2D eigenvalue weighted by atomic mass is 9.98. The van der Waals surface area contributed by atoms with E-state index in [9.17, 15) is 13.6 Å². The first-order valence-corrected chi connectivity index (χ1v) is 6.79. The average Bonchev–Trinajstić information content (AvgIpc) is 3.00. The normalized spacial score (nSPS) is 19.3. The van der Waals surface area contributed by atoms with Crippen LogP contribution in [0.4, 0.5) is 14.6 Å². The first-order chi connectivity index (χ1) is 10.6. The van der Waals surface area contributed by atoms with Crippen LogP contribution in [-0.4, -0.2) is 35.1 Å². The van der Waals surface area contributed by atoms with Gasteiger partial charge in [-0.2, -0.15) is 0 Å². The third kappa shape index (κ3) is 2.69. The molecule has 2 heterocycles. The minimum absolute atomic E-state index is 0.0900. The van der Waals surface area contributed by atoms with Crippen molar-refractivity contribution in [2.24, 2.45) is 11.7 Å². The number of carbonyl (C=O) groups is 1. The van der Waals surface area contributed by atoms with Gasteiger partial charge in [-0.05, 0) is 12.5 Å². The number of nitrogens with one attached hydrogen (secondary N) is 1. The number of hydrogen-bond donors (Lipinski definition) is 2. The summed E-state index contributed by atoms with van der Waals surface area (Å²) in [4.78, 5) is 19.6. The van der Waals surface area contributed by atoms with Crippen molar-refractivity contribution in [3.63, 3.8) is 0 Å². The molecule has 0 bridgehead atoms. The van der Waals surface area contributed by atoms with Gasteiger partial charge in [-0.15, -0.1) is 0 Å². The van der Waals surface area contributed by atoms with Crippen LogP contribution >= 0.6 is 0 Å². The Bertz CT molecular complexity index is 719. The van der Waals surface area contributed by atoms with Crippen LogP contribution in [0.1, 0.15) is 6.42 Å². The first kappa shape index (κ1) is 14.6. The van der Waals surface area contributed by atoms with Gasteiger partial charge in [0.05, 0.1) is 12.1 Å². The average molecular weight is 308 g/mol. The maximum Gasteiger partial charge on any atom is 0.240 e. The van der Waals surface area contributed by atoms with Crippen LogP contribution in [0.5, 0.6) is 0 Å². The standard InChI is InChI=1S/C14H14F2N4O2/c15-9-3-8-11(4-10(9)16)18-6-19-14(8)20-12(13(17)21)7-1-2-22-5-7/h3-4,6-7,12H,1-2,5H2,(H2,17,21)(H,18,19,20)/t7-,12+/m0/s1. The molecule has 1 aromatic carbocycles. The predicted molar refractivity (Wildman–Crippen MR) is 75.0 cm³/mol. The predicted octanol–water partition coefficient (Wildman–Crippen LogP) is 1.21. The molecule has 22 heavy (non-hydrogen) atoms. The highest BCUT2D eigenvalue weighted by Gasteiger charge is 2.30. The van der Waals surface area contributed by atoms with E-state index >= 15 is 0 Å². The van der Waals surface area contributed by atoms with Crippen LogP contribution in [0.2, 0.25) is 0 Å². The Kier molecular flexibility index (Phi) is 3.84. The van der Waals surface area contributed by atoms with E-state index in [1.807, 2.05) is 0 Å². The number of nitrogens with two attached hydrogens (primary N) is 1. The lowest BCUT2D eigenvalue weighted by Crippen LogP contribution is -2.42. The molecule has 2 aromatic rings. The summed E-state index contributed by atoms with van der Waals surface area (Å²) in [5.41, 5.74) is 5.67. The molecular weight excluding hydrogens is 294 g/mol. The van der Waals surface area contributed by atoms with E-state index in [2.05, 4.69) is 15.3 Å². The molecule has 0 saturated carbocycles. The van der Waals surface area contributed by atoms with Gasteiger partial charge < -0.3 is 15.8 Å². The molecule has 1 aliphatic rings. The summed E-state index contributed by atoms with van der Waals surface area (Å²) in [5, 5.41) is 3.20. The molecule has 1 amide bonds. The summed E-state index contributed by atoms with van der Waals surface area (Å²) in [7, 11) is 0. The quantitative estimate of drug-likeness (QED) is 0.886. The summed E-state index contributed by atoms with van der Waals surface area (Å²) in [6.45, 7) is 0.965. The molecule has 0 spiro atoms. The van der Waals surface area contributed by atoms with Crippen LogP contribution in [0.15, 0.2) is 18.5 Å². The molecule has 1 aromatic heterocycles. The van der Waals surface area contributed by atoms with Crippen LogP contribution < -0.4 is 11.1 Å². The monoisotopic (exact) mass is 308 g/mol. The van der Waals surface area contributed by atoms with Gasteiger partial charge in [0.25, 0.3) is 0 Å². The summed E-state index contributed by atoms with van der Waals surface area (Å²) in [5.74, 6) is -2.41. The Morgan fingerprint density at radius 3 is 2.82 bits per heavy atom. The van der Waals surface area contributed by atoms with Crippen molar-refractivity contribution in [2.45, 2.75) is 12.5 Å². The lowest BCUT2D eigenvalue weighted by molar-refractivity contribution is -0.119. The molecule has 116 valence electrons. The molecule has 8 heteroatoms. The highest BCUT2D eigenvalue weighted by Crippen LogP contribution is 2.25. The van der Waals surface area contributed by atoms with Crippen molar-refractivity contribution in [1.82, 2.24) is 9.97 Å². The number of amides is 1. The number of benzene rings is 1. The van der Waals surface area contributed by atoms with Crippen molar-refractivity contribution < 1.29 is 18.3 Å². The van der Waals surface area contributed by atoms with E-state index in [0.717, 1.165) is 12.1 Å². The van der Waals surface area contributed by atoms with Gasteiger partial charge in [0, 0.05) is 24.0 Å². The zero-order valence-electron chi connectivity index (χ0n) is 11.6. The summed E-state index contributed by atoms with van der Waals surface area (Å²) in [6, 6.07) is 1.28. The molecule has 6 nitrogen and oxygen atoms in total. The maximum absolute atomic E-state index is 13.5. The van der Waals surface area contributed by atoms with Crippen molar-refractivity contribution >= 4 is 22.6 Å². The molecular formula is C14H14F2N4O2. The minimum Gasteiger partial charge on any atom is -0.381 e. The fourth-order valence-corrected chi connectivity index (χ4v) is 2.55. The molecule has 3 N–H and O–H groups in total. The Morgan fingerprint density at radius 1 is 1.36 bits per heavy atom. The molecule has 0 radical (unpaired) electrons. The van der Waals surface area contributed by atoms with Crippen LogP contribution in [0, 0.1) is 17.6 Å². The fourth-order valence-electron chi connectivity index (χ4n) is 2.55. The zero-order chi connectivity index (χ0) is 15.7. The highest BCUT2D eigenvalue weighted by molar-refractivity contribution is 5.91. The fraction of sp³-hybridized carbons (Fsp3) is 0.357. The Labute approximate surface area is 124 Å². The molecule has 0 aliphatic carbocycles. The van der Waals surface area contributed by atoms with Crippen molar-refractivity contribution in [3.8, 4) is 0 Å². The van der Waals surface area contributed by atoms with Gasteiger partial charge in [-0.3, -0.25) is 4.79 Å². The number of nitrogens with zero attached hydrogens (tertiary/aromatic N) is 2. The molecule has 1 aliphatic heterocycles. The third-order valence-corrected chi connectivity index (χ3v) is 3.71. The second-order valence-electron chi connectivity index (χ2n) is 5.15. The number of primary amides is 1. The lowest BCUT2D eigenvalue weighted by Gasteiger charge is -2.21. The second-order valence-corrected chi connectivity index (χ2v) is 5.15. The number of halogens is 2. The molecule has 1 fully saturated rings. The minimum atomic E-state index is -1.01.